The van der Waals surface area contributed by atoms with Crippen LogP contribution in [0.3, 0.4) is 0 Å². The number of hydrogen-bond acceptors (Lipinski definition) is 3. The molecular formula is C21H24FN3O3. The number of halogens is 1. The summed E-state index contributed by atoms with van der Waals surface area (Å²) in [5, 5.41) is 13.9. The molecule has 0 spiro atoms. The number of piperidine rings is 1. The molecule has 0 bridgehead atoms. The van der Waals surface area contributed by atoms with Gasteiger partial charge in [0.1, 0.15) is 11.5 Å². The Labute approximate surface area is 163 Å². The lowest BCUT2D eigenvalue weighted by molar-refractivity contribution is -0.143. The van der Waals surface area contributed by atoms with Gasteiger partial charge in [-0.1, -0.05) is 13.0 Å². The zero-order chi connectivity index (χ0) is 20.0. The minimum Gasteiger partial charge on any atom is -0.481 e. The van der Waals surface area contributed by atoms with Gasteiger partial charge in [0.05, 0.1) is 5.92 Å². The summed E-state index contributed by atoms with van der Waals surface area (Å²) in [4.78, 5) is 26.3. The molecule has 4 rings (SSSR count). The van der Waals surface area contributed by atoms with Crippen molar-refractivity contribution in [1.82, 2.24) is 14.7 Å². The van der Waals surface area contributed by atoms with Gasteiger partial charge in [0.25, 0.3) is 5.91 Å². The van der Waals surface area contributed by atoms with E-state index < -0.39 is 11.9 Å². The summed E-state index contributed by atoms with van der Waals surface area (Å²) in [6.45, 7) is 4.56. The van der Waals surface area contributed by atoms with Crippen LogP contribution in [0.25, 0.3) is 5.69 Å². The van der Waals surface area contributed by atoms with Crippen LogP contribution in [0.1, 0.15) is 47.1 Å². The molecule has 2 atom stereocenters. The number of carboxylic acids is 1. The van der Waals surface area contributed by atoms with Gasteiger partial charge in [-0.05, 0) is 56.2 Å². The number of rotatable bonds is 3. The number of fused-ring (bicyclic) bond motifs is 1. The molecule has 1 amide bonds. The SMILES string of the molecule is Cc1ccc(F)c(-n2nc(C(=O)N3CC(C)CC(C(=O)O)C3)c3c2CCC3)c1. The third kappa shape index (κ3) is 3.19. The van der Waals surface area contributed by atoms with Crippen molar-refractivity contribution in [3.8, 4) is 5.69 Å². The lowest BCUT2D eigenvalue weighted by atomic mass is 9.90. The molecule has 2 aromatic rings. The fourth-order valence-corrected chi connectivity index (χ4v) is 4.44. The summed E-state index contributed by atoms with van der Waals surface area (Å²) in [6, 6.07) is 4.85. The first-order chi connectivity index (χ1) is 13.3. The van der Waals surface area contributed by atoms with Crippen LogP contribution in [0.4, 0.5) is 4.39 Å². The quantitative estimate of drug-likeness (QED) is 0.881. The van der Waals surface area contributed by atoms with Crippen molar-refractivity contribution in [2.24, 2.45) is 11.8 Å². The van der Waals surface area contributed by atoms with Crippen LogP contribution in [0.15, 0.2) is 18.2 Å². The van der Waals surface area contributed by atoms with E-state index in [0.29, 0.717) is 24.3 Å². The van der Waals surface area contributed by atoms with Gasteiger partial charge in [0.15, 0.2) is 5.69 Å². The molecule has 1 aromatic carbocycles. The molecule has 1 saturated heterocycles. The van der Waals surface area contributed by atoms with E-state index in [9.17, 15) is 19.1 Å². The summed E-state index contributed by atoms with van der Waals surface area (Å²) in [5.74, 6) is -1.94. The number of carbonyl (C=O) groups is 2. The van der Waals surface area contributed by atoms with Crippen LogP contribution in [-0.2, 0) is 17.6 Å². The second-order valence-electron chi connectivity index (χ2n) is 8.08. The van der Waals surface area contributed by atoms with Gasteiger partial charge in [0.2, 0.25) is 0 Å². The van der Waals surface area contributed by atoms with E-state index in [-0.39, 0.29) is 24.2 Å². The van der Waals surface area contributed by atoms with Crippen molar-refractivity contribution in [2.75, 3.05) is 13.1 Å². The van der Waals surface area contributed by atoms with E-state index in [4.69, 9.17) is 0 Å². The number of carbonyl (C=O) groups excluding carboxylic acids is 1. The first kappa shape index (κ1) is 18.7. The molecular weight excluding hydrogens is 361 g/mol. The number of amides is 1. The minimum absolute atomic E-state index is 0.114. The van der Waals surface area contributed by atoms with E-state index in [1.807, 2.05) is 13.8 Å². The summed E-state index contributed by atoms with van der Waals surface area (Å²) in [5.41, 5.74) is 3.36. The van der Waals surface area contributed by atoms with Crippen molar-refractivity contribution < 1.29 is 19.1 Å². The molecule has 0 radical (unpaired) electrons. The lowest BCUT2D eigenvalue weighted by Crippen LogP contribution is -2.45. The van der Waals surface area contributed by atoms with Crippen LogP contribution in [0.5, 0.6) is 0 Å². The van der Waals surface area contributed by atoms with Crippen molar-refractivity contribution >= 4 is 11.9 Å². The number of carboxylic acid groups (broad SMARTS) is 1. The fourth-order valence-electron chi connectivity index (χ4n) is 4.44. The average Bonchev–Trinajstić information content (AvgIpc) is 3.25. The third-order valence-electron chi connectivity index (χ3n) is 5.76. The second-order valence-corrected chi connectivity index (χ2v) is 8.08. The van der Waals surface area contributed by atoms with E-state index in [0.717, 1.165) is 36.1 Å². The molecule has 2 aliphatic rings. The zero-order valence-corrected chi connectivity index (χ0v) is 16.1. The van der Waals surface area contributed by atoms with Gasteiger partial charge in [-0.2, -0.15) is 5.10 Å². The van der Waals surface area contributed by atoms with Gasteiger partial charge in [-0.3, -0.25) is 9.59 Å². The molecule has 1 aliphatic carbocycles. The van der Waals surface area contributed by atoms with Crippen LogP contribution in [0.2, 0.25) is 0 Å². The summed E-state index contributed by atoms with van der Waals surface area (Å²) < 4.78 is 16.0. The molecule has 1 fully saturated rings. The highest BCUT2D eigenvalue weighted by molar-refractivity contribution is 5.94. The topological polar surface area (TPSA) is 75.4 Å². The second kappa shape index (κ2) is 7.04. The highest BCUT2D eigenvalue weighted by Gasteiger charge is 2.36. The molecule has 1 aliphatic heterocycles. The van der Waals surface area contributed by atoms with E-state index in [2.05, 4.69) is 5.10 Å². The Morgan fingerprint density at radius 2 is 2.04 bits per heavy atom. The minimum atomic E-state index is -0.873. The van der Waals surface area contributed by atoms with Crippen LogP contribution >= 0.6 is 0 Å². The highest BCUT2D eigenvalue weighted by Crippen LogP contribution is 2.31. The van der Waals surface area contributed by atoms with Crippen molar-refractivity contribution in [3.63, 3.8) is 0 Å². The molecule has 2 unspecified atom stereocenters. The fraction of sp³-hybridized carbons (Fsp3) is 0.476. The monoisotopic (exact) mass is 385 g/mol. The third-order valence-corrected chi connectivity index (χ3v) is 5.76. The number of hydrogen-bond donors (Lipinski definition) is 1. The van der Waals surface area contributed by atoms with Crippen LogP contribution in [-0.4, -0.2) is 44.8 Å². The van der Waals surface area contributed by atoms with Crippen LogP contribution in [0, 0.1) is 24.6 Å². The highest BCUT2D eigenvalue weighted by atomic mass is 19.1. The van der Waals surface area contributed by atoms with Crippen molar-refractivity contribution in [2.45, 2.75) is 39.5 Å². The van der Waals surface area contributed by atoms with E-state index in [1.165, 1.54) is 6.07 Å². The maximum Gasteiger partial charge on any atom is 0.308 e. The number of aryl methyl sites for hydroxylation is 1. The molecule has 2 heterocycles. The molecule has 148 valence electrons. The lowest BCUT2D eigenvalue weighted by Gasteiger charge is -2.34. The Morgan fingerprint density at radius 3 is 2.79 bits per heavy atom. The zero-order valence-electron chi connectivity index (χ0n) is 16.1. The molecule has 7 heteroatoms. The summed E-state index contributed by atoms with van der Waals surface area (Å²) in [7, 11) is 0. The van der Waals surface area contributed by atoms with Crippen LogP contribution < -0.4 is 0 Å². The molecule has 0 saturated carbocycles. The normalized spacial score (nSPS) is 21.6. The Bertz CT molecular complexity index is 953. The van der Waals surface area contributed by atoms with E-state index >= 15 is 0 Å². The average molecular weight is 385 g/mol. The van der Waals surface area contributed by atoms with Gasteiger partial charge in [-0.15, -0.1) is 0 Å². The largest absolute Gasteiger partial charge is 0.481 e. The van der Waals surface area contributed by atoms with Gasteiger partial charge in [0, 0.05) is 24.3 Å². The first-order valence-corrected chi connectivity index (χ1v) is 9.74. The van der Waals surface area contributed by atoms with Crippen molar-refractivity contribution in [1.29, 1.82) is 0 Å². The number of benzene rings is 1. The number of likely N-dealkylation sites (tertiary alicyclic amines) is 1. The van der Waals surface area contributed by atoms with Gasteiger partial charge in [-0.25, -0.2) is 9.07 Å². The van der Waals surface area contributed by atoms with Gasteiger partial charge < -0.3 is 10.0 Å². The number of aromatic nitrogens is 2. The molecule has 1 aromatic heterocycles. The smallest absolute Gasteiger partial charge is 0.308 e. The standard InChI is InChI=1S/C21H24FN3O3/c1-12-6-7-16(22)18(9-12)25-17-5-3-4-15(17)19(23-25)20(26)24-10-13(2)8-14(11-24)21(27)28/h6-7,9,13-14H,3-5,8,10-11H2,1-2H3,(H,27,28). The predicted molar refractivity (Wildman–Crippen MR) is 101 cm³/mol. The summed E-state index contributed by atoms with van der Waals surface area (Å²) >= 11 is 0. The Hall–Kier alpha value is -2.70. The summed E-state index contributed by atoms with van der Waals surface area (Å²) in [6.07, 6.45) is 2.95. The number of nitrogens with zero attached hydrogens (tertiary/aromatic N) is 3. The Kier molecular flexibility index (Phi) is 4.69. The molecule has 6 nitrogen and oxygen atoms in total. The van der Waals surface area contributed by atoms with E-state index in [1.54, 1.807) is 21.7 Å². The predicted octanol–water partition coefficient (Wildman–Crippen LogP) is 2.99. The molecule has 28 heavy (non-hydrogen) atoms. The maximum atomic E-state index is 14.5. The first-order valence-electron chi connectivity index (χ1n) is 9.74. The number of aliphatic carboxylic acids is 1. The maximum absolute atomic E-state index is 14.5. The molecule has 1 N–H and O–H groups in total. The van der Waals surface area contributed by atoms with Crippen molar-refractivity contribution in [3.05, 3.63) is 46.5 Å². The Balaban J connectivity index is 1.72. The van der Waals surface area contributed by atoms with Gasteiger partial charge >= 0.3 is 5.97 Å². The Morgan fingerprint density at radius 1 is 1.25 bits per heavy atom.